The molecule has 0 atom stereocenters. The lowest BCUT2D eigenvalue weighted by Gasteiger charge is -2.18. The highest BCUT2D eigenvalue weighted by Crippen LogP contribution is 2.37. The molecular formula is C15H17NO3S. The average molecular weight is 291 g/mol. The molecule has 0 saturated heterocycles. The van der Waals surface area contributed by atoms with Crippen LogP contribution >= 0.6 is 11.3 Å². The highest BCUT2D eigenvalue weighted by atomic mass is 32.1. The van der Waals surface area contributed by atoms with Crippen LogP contribution in [-0.2, 0) is 9.53 Å². The van der Waals surface area contributed by atoms with Crippen molar-refractivity contribution in [2.75, 3.05) is 12.4 Å². The summed E-state index contributed by atoms with van der Waals surface area (Å²) in [6, 6.07) is 7.58. The number of ether oxygens (including phenoxy) is 1. The van der Waals surface area contributed by atoms with E-state index in [-0.39, 0.29) is 5.91 Å². The molecule has 106 valence electrons. The van der Waals surface area contributed by atoms with Gasteiger partial charge in [0.2, 0.25) is 5.91 Å². The fraction of sp³-hybridized carbons (Fsp3) is 0.333. The monoisotopic (exact) mass is 291 g/mol. The molecule has 1 aromatic carbocycles. The van der Waals surface area contributed by atoms with Gasteiger partial charge in [-0.05, 0) is 6.07 Å². The highest BCUT2D eigenvalue weighted by molar-refractivity contribution is 7.21. The Labute approximate surface area is 121 Å². The smallest absolute Gasteiger partial charge is 0.350 e. The first-order valence-electron chi connectivity index (χ1n) is 6.26. The number of carbonyl (C=O) groups excluding carboxylic acids is 2. The summed E-state index contributed by atoms with van der Waals surface area (Å²) in [6.07, 6.45) is 0. The van der Waals surface area contributed by atoms with Crippen molar-refractivity contribution in [3.63, 3.8) is 0 Å². The molecule has 0 radical (unpaired) electrons. The summed E-state index contributed by atoms with van der Waals surface area (Å²) in [5.41, 5.74) is 0.00792. The van der Waals surface area contributed by atoms with Gasteiger partial charge >= 0.3 is 5.97 Å². The highest BCUT2D eigenvalue weighted by Gasteiger charge is 2.26. The van der Waals surface area contributed by atoms with Crippen molar-refractivity contribution < 1.29 is 14.3 Å². The minimum absolute atomic E-state index is 0.133. The predicted octanol–water partition coefficient (Wildman–Crippen LogP) is 3.67. The fourth-order valence-corrected chi connectivity index (χ4v) is 2.78. The summed E-state index contributed by atoms with van der Waals surface area (Å²) in [5.74, 6) is -0.568. The van der Waals surface area contributed by atoms with Gasteiger partial charge in [0.05, 0.1) is 12.8 Å². The first kappa shape index (κ1) is 14.5. The minimum Gasteiger partial charge on any atom is -0.465 e. The predicted molar refractivity (Wildman–Crippen MR) is 81.2 cm³/mol. The van der Waals surface area contributed by atoms with E-state index in [2.05, 4.69) is 5.32 Å². The summed E-state index contributed by atoms with van der Waals surface area (Å²) in [7, 11) is 1.34. The number of carbonyl (C=O) groups is 2. The summed E-state index contributed by atoms with van der Waals surface area (Å²) in [4.78, 5) is 24.5. The Kier molecular flexibility index (Phi) is 3.81. The molecule has 0 unspecified atom stereocenters. The van der Waals surface area contributed by atoms with E-state index in [0.717, 1.165) is 10.1 Å². The normalized spacial score (nSPS) is 11.4. The Morgan fingerprint density at radius 1 is 1.20 bits per heavy atom. The van der Waals surface area contributed by atoms with E-state index in [1.165, 1.54) is 18.4 Å². The number of amides is 1. The van der Waals surface area contributed by atoms with Gasteiger partial charge in [-0.15, -0.1) is 11.3 Å². The Bertz CT molecular complexity index is 667. The van der Waals surface area contributed by atoms with Crippen LogP contribution in [0.1, 0.15) is 30.4 Å². The van der Waals surface area contributed by atoms with Gasteiger partial charge in [0.25, 0.3) is 0 Å². The van der Waals surface area contributed by atoms with Crippen LogP contribution in [0, 0.1) is 5.41 Å². The molecule has 0 bridgehead atoms. The maximum atomic E-state index is 12.2. The van der Waals surface area contributed by atoms with Crippen LogP contribution in [0.3, 0.4) is 0 Å². The Balaban J connectivity index is 2.54. The Morgan fingerprint density at radius 3 is 2.45 bits per heavy atom. The van der Waals surface area contributed by atoms with Crippen molar-refractivity contribution >= 4 is 39.0 Å². The molecule has 0 aliphatic rings. The number of rotatable bonds is 2. The first-order valence-corrected chi connectivity index (χ1v) is 7.07. The van der Waals surface area contributed by atoms with E-state index in [9.17, 15) is 9.59 Å². The second-order valence-corrected chi connectivity index (χ2v) is 6.55. The van der Waals surface area contributed by atoms with Crippen molar-refractivity contribution in [1.82, 2.24) is 0 Å². The quantitative estimate of drug-likeness (QED) is 0.859. The van der Waals surface area contributed by atoms with Gasteiger partial charge in [-0.25, -0.2) is 4.79 Å². The maximum Gasteiger partial charge on any atom is 0.350 e. The molecule has 0 aliphatic heterocycles. The van der Waals surface area contributed by atoms with Crippen molar-refractivity contribution in [1.29, 1.82) is 0 Å². The van der Waals surface area contributed by atoms with Gasteiger partial charge in [0.1, 0.15) is 4.88 Å². The molecule has 0 fully saturated rings. The van der Waals surface area contributed by atoms with E-state index in [1.54, 1.807) is 0 Å². The lowest BCUT2D eigenvalue weighted by Crippen LogP contribution is -2.28. The number of thiophene rings is 1. The lowest BCUT2D eigenvalue weighted by atomic mass is 9.95. The van der Waals surface area contributed by atoms with Crippen LogP contribution in [-0.4, -0.2) is 19.0 Å². The van der Waals surface area contributed by atoms with Crippen LogP contribution in [0.5, 0.6) is 0 Å². The van der Waals surface area contributed by atoms with Crippen LogP contribution in [0.4, 0.5) is 5.69 Å². The number of methoxy groups -OCH3 is 1. The molecule has 1 aromatic heterocycles. The molecule has 2 aromatic rings. The second kappa shape index (κ2) is 5.25. The van der Waals surface area contributed by atoms with Crippen LogP contribution in [0.2, 0.25) is 0 Å². The molecule has 2 rings (SSSR count). The van der Waals surface area contributed by atoms with Crippen LogP contribution < -0.4 is 5.32 Å². The number of fused-ring (bicyclic) bond motifs is 1. The number of nitrogens with one attached hydrogen (secondary N) is 1. The summed E-state index contributed by atoms with van der Waals surface area (Å²) in [6.45, 7) is 5.48. The van der Waals surface area contributed by atoms with E-state index in [4.69, 9.17) is 4.74 Å². The number of esters is 1. The molecule has 20 heavy (non-hydrogen) atoms. The van der Waals surface area contributed by atoms with Gasteiger partial charge in [-0.3, -0.25) is 4.79 Å². The molecule has 1 N–H and O–H groups in total. The van der Waals surface area contributed by atoms with Crippen molar-refractivity contribution in [2.24, 2.45) is 5.41 Å². The van der Waals surface area contributed by atoms with Gasteiger partial charge < -0.3 is 10.1 Å². The Hall–Kier alpha value is -1.88. The summed E-state index contributed by atoms with van der Waals surface area (Å²) < 4.78 is 5.74. The third-order valence-corrected chi connectivity index (χ3v) is 4.04. The van der Waals surface area contributed by atoms with E-state index < -0.39 is 11.4 Å². The number of hydrogen-bond acceptors (Lipinski definition) is 4. The first-order chi connectivity index (χ1) is 9.34. The zero-order valence-electron chi connectivity index (χ0n) is 11.9. The van der Waals surface area contributed by atoms with E-state index in [1.807, 2.05) is 45.0 Å². The molecule has 0 aliphatic carbocycles. The fourth-order valence-electron chi connectivity index (χ4n) is 1.71. The number of hydrogen-bond donors (Lipinski definition) is 1. The topological polar surface area (TPSA) is 55.4 Å². The third kappa shape index (κ3) is 2.67. The van der Waals surface area contributed by atoms with Crippen molar-refractivity contribution in [3.05, 3.63) is 29.1 Å². The number of benzene rings is 1. The lowest BCUT2D eigenvalue weighted by molar-refractivity contribution is -0.123. The third-order valence-electron chi connectivity index (χ3n) is 2.89. The van der Waals surface area contributed by atoms with E-state index in [0.29, 0.717) is 10.6 Å². The molecule has 1 heterocycles. The van der Waals surface area contributed by atoms with Crippen molar-refractivity contribution in [2.45, 2.75) is 20.8 Å². The molecule has 0 spiro atoms. The van der Waals surface area contributed by atoms with Crippen molar-refractivity contribution in [3.8, 4) is 0 Å². The zero-order valence-corrected chi connectivity index (χ0v) is 12.8. The minimum atomic E-state index is -0.531. The molecular weight excluding hydrogens is 274 g/mol. The molecule has 1 amide bonds. The van der Waals surface area contributed by atoms with Gasteiger partial charge in [0, 0.05) is 15.5 Å². The van der Waals surface area contributed by atoms with Gasteiger partial charge in [-0.2, -0.15) is 0 Å². The van der Waals surface area contributed by atoms with E-state index >= 15 is 0 Å². The summed E-state index contributed by atoms with van der Waals surface area (Å²) in [5, 5.41) is 3.72. The zero-order chi connectivity index (χ0) is 14.9. The van der Waals surface area contributed by atoms with Gasteiger partial charge in [0.15, 0.2) is 0 Å². The second-order valence-electron chi connectivity index (χ2n) is 5.50. The average Bonchev–Trinajstić information content (AvgIpc) is 2.76. The number of anilines is 1. The summed E-state index contributed by atoms with van der Waals surface area (Å²) >= 11 is 1.32. The maximum absolute atomic E-state index is 12.2. The van der Waals surface area contributed by atoms with Crippen LogP contribution in [0.25, 0.3) is 10.1 Å². The molecule has 0 saturated carbocycles. The molecule has 5 heteroatoms. The SMILES string of the molecule is COC(=O)c1sc2ccccc2c1NC(=O)C(C)(C)C. The van der Waals surface area contributed by atoms with Gasteiger partial charge in [-0.1, -0.05) is 39.0 Å². The molecule has 4 nitrogen and oxygen atoms in total. The largest absolute Gasteiger partial charge is 0.465 e. The Morgan fingerprint density at radius 2 is 1.85 bits per heavy atom. The van der Waals surface area contributed by atoms with Crippen LogP contribution in [0.15, 0.2) is 24.3 Å². The standard InChI is InChI=1S/C15H17NO3S/c1-15(2,3)14(18)16-11-9-7-5-6-8-10(9)20-12(11)13(17)19-4/h5-8H,1-4H3,(H,16,18).